The highest BCUT2D eigenvalue weighted by atomic mass is 127. The number of rotatable bonds is 9. The van der Waals surface area contributed by atoms with Gasteiger partial charge < -0.3 is 20.1 Å². The molecule has 1 aliphatic carbocycles. The van der Waals surface area contributed by atoms with Crippen molar-refractivity contribution in [3.05, 3.63) is 35.9 Å². The third kappa shape index (κ3) is 8.80. The van der Waals surface area contributed by atoms with E-state index in [1.165, 1.54) is 31.2 Å². The molecule has 1 aromatic rings. The molecule has 6 heteroatoms. The van der Waals surface area contributed by atoms with Crippen molar-refractivity contribution in [3.63, 3.8) is 0 Å². The molecule has 0 radical (unpaired) electrons. The van der Waals surface area contributed by atoms with Gasteiger partial charge in [0.05, 0.1) is 13.2 Å². The van der Waals surface area contributed by atoms with Crippen molar-refractivity contribution in [2.24, 2.45) is 10.9 Å². The maximum atomic E-state index is 5.77. The predicted octanol–water partition coefficient (Wildman–Crippen LogP) is 4.33. The van der Waals surface area contributed by atoms with Gasteiger partial charge in [0, 0.05) is 38.3 Å². The number of hydrogen-bond donors (Lipinski definition) is 2. The van der Waals surface area contributed by atoms with Crippen molar-refractivity contribution in [1.82, 2.24) is 10.6 Å². The zero-order valence-corrected chi connectivity index (χ0v) is 20.1. The second-order valence-corrected chi connectivity index (χ2v) is 8.02. The summed E-state index contributed by atoms with van der Waals surface area (Å²) in [5.41, 5.74) is 1.49. The quantitative estimate of drug-likeness (QED) is 0.223. The van der Waals surface area contributed by atoms with Crippen LogP contribution >= 0.6 is 24.0 Å². The third-order valence-electron chi connectivity index (χ3n) is 5.78. The molecule has 0 aromatic heterocycles. The van der Waals surface area contributed by atoms with Crippen LogP contribution < -0.4 is 10.6 Å². The SMILES string of the molecule is CCNC(=NCCCOCC1CCOC1)NC1CCC(c2ccccc2)CC1.I. The monoisotopic (exact) mass is 515 g/mol. The fourth-order valence-corrected chi connectivity index (χ4v) is 4.13. The fraction of sp³-hybridized carbons (Fsp3) is 0.696. The van der Waals surface area contributed by atoms with Crippen LogP contribution in [0, 0.1) is 5.92 Å². The molecule has 1 saturated heterocycles. The lowest BCUT2D eigenvalue weighted by molar-refractivity contribution is 0.0893. The van der Waals surface area contributed by atoms with E-state index in [0.717, 1.165) is 58.3 Å². The standard InChI is InChI=1S/C23H37N3O2.HI/c1-2-24-23(25-14-6-15-27-17-19-13-16-28-18-19)26-22-11-9-21(10-12-22)20-7-4-3-5-8-20;/h3-5,7-8,19,21-22H,2,6,9-18H2,1H3,(H2,24,25,26);1H. The van der Waals surface area contributed by atoms with Gasteiger partial charge in [-0.05, 0) is 56.9 Å². The van der Waals surface area contributed by atoms with E-state index >= 15 is 0 Å². The van der Waals surface area contributed by atoms with Crippen LogP contribution in [0.4, 0.5) is 0 Å². The van der Waals surface area contributed by atoms with Gasteiger partial charge in [0.1, 0.15) is 0 Å². The molecular weight excluding hydrogens is 477 g/mol. The molecule has 164 valence electrons. The minimum Gasteiger partial charge on any atom is -0.381 e. The molecule has 1 heterocycles. The minimum atomic E-state index is 0. The zero-order chi connectivity index (χ0) is 19.4. The summed E-state index contributed by atoms with van der Waals surface area (Å²) in [6.45, 7) is 7.17. The van der Waals surface area contributed by atoms with Crippen LogP contribution in [0.25, 0.3) is 0 Å². The van der Waals surface area contributed by atoms with E-state index in [1.54, 1.807) is 0 Å². The number of nitrogens with zero attached hydrogens (tertiary/aromatic N) is 1. The van der Waals surface area contributed by atoms with Crippen molar-refractivity contribution < 1.29 is 9.47 Å². The average Bonchev–Trinajstić information content (AvgIpc) is 3.25. The highest BCUT2D eigenvalue weighted by Crippen LogP contribution is 2.32. The highest BCUT2D eigenvalue weighted by molar-refractivity contribution is 14.0. The van der Waals surface area contributed by atoms with E-state index < -0.39 is 0 Å². The van der Waals surface area contributed by atoms with Crippen molar-refractivity contribution in [2.45, 2.75) is 57.4 Å². The molecule has 29 heavy (non-hydrogen) atoms. The minimum absolute atomic E-state index is 0. The van der Waals surface area contributed by atoms with Crippen molar-refractivity contribution >= 4 is 29.9 Å². The number of guanidine groups is 1. The molecule has 1 atom stereocenters. The van der Waals surface area contributed by atoms with E-state index in [4.69, 9.17) is 14.5 Å². The topological polar surface area (TPSA) is 54.9 Å². The van der Waals surface area contributed by atoms with Crippen LogP contribution in [0.3, 0.4) is 0 Å². The van der Waals surface area contributed by atoms with Crippen LogP contribution in [0.1, 0.15) is 56.9 Å². The predicted molar refractivity (Wildman–Crippen MR) is 130 cm³/mol. The summed E-state index contributed by atoms with van der Waals surface area (Å²) < 4.78 is 11.2. The number of halogens is 1. The second kappa shape index (κ2) is 14.2. The maximum absolute atomic E-state index is 5.77. The van der Waals surface area contributed by atoms with Gasteiger partial charge in [0.25, 0.3) is 0 Å². The molecule has 1 aliphatic heterocycles. The smallest absolute Gasteiger partial charge is 0.191 e. The summed E-state index contributed by atoms with van der Waals surface area (Å²) in [4.78, 5) is 4.74. The average molecular weight is 515 g/mol. The molecule has 0 spiro atoms. The molecule has 2 fully saturated rings. The first-order valence-electron chi connectivity index (χ1n) is 11.1. The molecule has 0 amide bonds. The molecule has 1 unspecified atom stereocenters. The van der Waals surface area contributed by atoms with Crippen molar-refractivity contribution in [3.8, 4) is 0 Å². The van der Waals surface area contributed by atoms with Crippen LogP contribution in [0.2, 0.25) is 0 Å². The van der Waals surface area contributed by atoms with Gasteiger partial charge in [-0.15, -0.1) is 24.0 Å². The van der Waals surface area contributed by atoms with E-state index in [-0.39, 0.29) is 24.0 Å². The summed E-state index contributed by atoms with van der Waals surface area (Å²) in [6, 6.07) is 11.5. The molecule has 2 aliphatic rings. The fourth-order valence-electron chi connectivity index (χ4n) is 4.13. The Hall–Kier alpha value is -0.860. The van der Waals surface area contributed by atoms with Gasteiger partial charge in [-0.2, -0.15) is 0 Å². The molecule has 5 nitrogen and oxygen atoms in total. The normalized spacial score (nSPS) is 24.7. The summed E-state index contributed by atoms with van der Waals surface area (Å²) in [7, 11) is 0. The first-order chi connectivity index (χ1) is 13.8. The summed E-state index contributed by atoms with van der Waals surface area (Å²) >= 11 is 0. The molecular formula is C23H38IN3O2. The van der Waals surface area contributed by atoms with Gasteiger partial charge >= 0.3 is 0 Å². The summed E-state index contributed by atoms with van der Waals surface area (Å²) in [6.07, 6.45) is 7.01. The van der Waals surface area contributed by atoms with Gasteiger partial charge in [-0.25, -0.2) is 0 Å². The Morgan fingerprint density at radius 3 is 2.62 bits per heavy atom. The van der Waals surface area contributed by atoms with Crippen LogP contribution in [0.15, 0.2) is 35.3 Å². The lowest BCUT2D eigenvalue weighted by atomic mass is 9.82. The first kappa shape index (κ1) is 24.4. The number of ether oxygens (including phenoxy) is 2. The molecule has 0 bridgehead atoms. The van der Waals surface area contributed by atoms with Crippen molar-refractivity contribution in [1.29, 1.82) is 0 Å². The van der Waals surface area contributed by atoms with Crippen LogP contribution in [0.5, 0.6) is 0 Å². The number of nitrogens with one attached hydrogen (secondary N) is 2. The third-order valence-corrected chi connectivity index (χ3v) is 5.78. The summed E-state index contributed by atoms with van der Waals surface area (Å²) in [5.74, 6) is 2.25. The molecule has 1 aromatic carbocycles. The molecule has 1 saturated carbocycles. The Balaban J connectivity index is 0.00000300. The van der Waals surface area contributed by atoms with Gasteiger partial charge in [-0.3, -0.25) is 4.99 Å². The van der Waals surface area contributed by atoms with Crippen LogP contribution in [-0.2, 0) is 9.47 Å². The van der Waals surface area contributed by atoms with Gasteiger partial charge in [0.15, 0.2) is 5.96 Å². The van der Waals surface area contributed by atoms with Gasteiger partial charge in [0.2, 0.25) is 0 Å². The Labute approximate surface area is 193 Å². The Morgan fingerprint density at radius 1 is 1.14 bits per heavy atom. The number of benzene rings is 1. The van der Waals surface area contributed by atoms with E-state index in [1.807, 2.05) is 0 Å². The number of hydrogen-bond acceptors (Lipinski definition) is 3. The summed E-state index contributed by atoms with van der Waals surface area (Å²) in [5, 5.41) is 7.04. The van der Waals surface area contributed by atoms with E-state index in [2.05, 4.69) is 47.9 Å². The van der Waals surface area contributed by atoms with Gasteiger partial charge in [-0.1, -0.05) is 30.3 Å². The zero-order valence-electron chi connectivity index (χ0n) is 17.8. The number of aliphatic imine (C=N–C) groups is 1. The maximum Gasteiger partial charge on any atom is 0.191 e. The molecule has 2 N–H and O–H groups in total. The Morgan fingerprint density at radius 2 is 1.93 bits per heavy atom. The second-order valence-electron chi connectivity index (χ2n) is 8.02. The molecule has 3 rings (SSSR count). The largest absolute Gasteiger partial charge is 0.381 e. The Kier molecular flexibility index (Phi) is 12.0. The Bertz CT molecular complexity index is 571. The van der Waals surface area contributed by atoms with E-state index in [9.17, 15) is 0 Å². The van der Waals surface area contributed by atoms with E-state index in [0.29, 0.717) is 17.9 Å². The van der Waals surface area contributed by atoms with Crippen LogP contribution in [-0.4, -0.2) is 51.5 Å². The lowest BCUT2D eigenvalue weighted by Crippen LogP contribution is -2.44. The lowest BCUT2D eigenvalue weighted by Gasteiger charge is -2.30. The van der Waals surface area contributed by atoms with Crippen molar-refractivity contribution in [2.75, 3.05) is 39.5 Å². The highest BCUT2D eigenvalue weighted by Gasteiger charge is 2.22. The first-order valence-corrected chi connectivity index (χ1v) is 11.1.